The average molecular weight is 603 g/mol. The minimum atomic E-state index is -3.17. The van der Waals surface area contributed by atoms with E-state index in [0.29, 0.717) is 16.7 Å². The fourth-order valence-corrected chi connectivity index (χ4v) is 4.52. The molecule has 0 unspecified atom stereocenters. The summed E-state index contributed by atoms with van der Waals surface area (Å²) in [5, 5.41) is 3.20. The fourth-order valence-electron chi connectivity index (χ4n) is 4.25. The number of ether oxygens (including phenoxy) is 3. The number of hydrogen-bond donors (Lipinski definition) is 2. The molecule has 15 heteroatoms. The summed E-state index contributed by atoms with van der Waals surface area (Å²) in [6.07, 6.45) is -0.894. The average Bonchev–Trinajstić information content (AvgIpc) is 3.13. The number of rotatable bonds is 7. The van der Waals surface area contributed by atoms with Gasteiger partial charge in [0.25, 0.3) is 5.92 Å². The summed E-state index contributed by atoms with van der Waals surface area (Å²) in [6, 6.07) is 3.26. The third-order valence-electron chi connectivity index (χ3n) is 6.21. The van der Waals surface area contributed by atoms with Crippen LogP contribution in [0, 0.1) is 5.92 Å². The summed E-state index contributed by atoms with van der Waals surface area (Å²) in [4.78, 5) is 36.6. The number of imidazole rings is 1. The van der Waals surface area contributed by atoms with E-state index in [-0.39, 0.29) is 53.9 Å². The van der Waals surface area contributed by atoms with Crippen LogP contribution in [0.15, 0.2) is 23.1 Å². The van der Waals surface area contributed by atoms with Crippen molar-refractivity contribution in [3.8, 4) is 5.75 Å². The Morgan fingerprint density at radius 1 is 1.25 bits per heavy atom. The van der Waals surface area contributed by atoms with Gasteiger partial charge in [-0.3, -0.25) is 4.57 Å². The smallest absolute Gasteiger partial charge is 0.410 e. The lowest BCUT2D eigenvalue weighted by Gasteiger charge is -2.42. The Balaban J connectivity index is 1.48. The van der Waals surface area contributed by atoms with Gasteiger partial charge < -0.3 is 29.4 Å². The van der Waals surface area contributed by atoms with Crippen molar-refractivity contribution in [1.82, 2.24) is 24.4 Å². The van der Waals surface area contributed by atoms with Crippen molar-refractivity contribution in [2.45, 2.75) is 45.3 Å². The summed E-state index contributed by atoms with van der Waals surface area (Å²) >= 11 is 12.0. The quantitative estimate of drug-likeness (QED) is 0.286. The van der Waals surface area contributed by atoms with Crippen LogP contribution < -0.4 is 15.7 Å². The first kappa shape index (κ1) is 29.8. The standard InChI is InChI=1S/C25H30Cl2F2N6O5/c1-13-11-35(23(37)40-24(2,3)4)12-18(25(13,28)29)39-7-6-38-17-9-14(8-16-19(17)34(5)22(36)32-16)31-20-15(26)10-30-21(27)33-20/h8-10,13,18H,6-7,11-12H2,1-5H3,(H,32,36)(H,30,31,33)/t13-,18+/m0/s1. The topological polar surface area (TPSA) is 124 Å². The molecule has 2 atom stereocenters. The van der Waals surface area contributed by atoms with E-state index in [1.54, 1.807) is 40.0 Å². The van der Waals surface area contributed by atoms with E-state index in [4.69, 9.17) is 37.4 Å². The highest BCUT2D eigenvalue weighted by Crippen LogP contribution is 2.36. The fraction of sp³-hybridized carbons (Fsp3) is 0.520. The number of carbonyl (C=O) groups is 1. The Hall–Kier alpha value is -3.16. The van der Waals surface area contributed by atoms with E-state index in [1.165, 1.54) is 22.6 Å². The van der Waals surface area contributed by atoms with Gasteiger partial charge in [-0.1, -0.05) is 18.5 Å². The van der Waals surface area contributed by atoms with Gasteiger partial charge in [-0.25, -0.2) is 23.4 Å². The number of nitrogens with zero attached hydrogens (tertiary/aromatic N) is 4. The molecule has 11 nitrogen and oxygen atoms in total. The number of benzene rings is 1. The van der Waals surface area contributed by atoms with Crippen LogP contribution in [0.4, 0.5) is 25.1 Å². The molecule has 1 fully saturated rings. The van der Waals surface area contributed by atoms with Gasteiger partial charge in [0, 0.05) is 31.3 Å². The molecule has 4 rings (SSSR count). The number of aromatic nitrogens is 4. The van der Waals surface area contributed by atoms with Gasteiger partial charge >= 0.3 is 11.8 Å². The molecular weight excluding hydrogens is 573 g/mol. The van der Waals surface area contributed by atoms with Crippen molar-refractivity contribution in [3.05, 3.63) is 39.1 Å². The Morgan fingerprint density at radius 2 is 1.98 bits per heavy atom. The number of hydrogen-bond acceptors (Lipinski definition) is 8. The van der Waals surface area contributed by atoms with Crippen molar-refractivity contribution in [1.29, 1.82) is 0 Å². The lowest BCUT2D eigenvalue weighted by atomic mass is 9.93. The van der Waals surface area contributed by atoms with Gasteiger partial charge in [0.2, 0.25) is 5.28 Å². The molecule has 1 amide bonds. The molecule has 1 aromatic carbocycles. The highest BCUT2D eigenvalue weighted by molar-refractivity contribution is 6.33. The van der Waals surface area contributed by atoms with Gasteiger partial charge in [-0.15, -0.1) is 0 Å². The van der Waals surface area contributed by atoms with Gasteiger partial charge in [0.15, 0.2) is 5.82 Å². The number of aromatic amines is 1. The van der Waals surface area contributed by atoms with Crippen LogP contribution in [0.1, 0.15) is 27.7 Å². The Bertz CT molecular complexity index is 1460. The van der Waals surface area contributed by atoms with Crippen molar-refractivity contribution in [2.75, 3.05) is 31.6 Å². The number of nitrogens with one attached hydrogen (secondary N) is 2. The van der Waals surface area contributed by atoms with Crippen molar-refractivity contribution in [2.24, 2.45) is 13.0 Å². The van der Waals surface area contributed by atoms with Crippen LogP contribution in [0.5, 0.6) is 5.75 Å². The molecule has 0 aliphatic carbocycles. The summed E-state index contributed by atoms with van der Waals surface area (Å²) in [6.45, 7) is 5.67. The van der Waals surface area contributed by atoms with E-state index < -0.39 is 29.6 Å². The number of alkyl halides is 2. The molecule has 0 saturated carbocycles. The number of carbonyl (C=O) groups excluding carboxylic acids is 1. The molecule has 218 valence electrons. The molecule has 2 aromatic heterocycles. The molecular formula is C25H30Cl2F2N6O5. The maximum Gasteiger partial charge on any atom is 0.410 e. The zero-order valence-corrected chi connectivity index (χ0v) is 24.1. The first-order valence-corrected chi connectivity index (χ1v) is 13.2. The van der Waals surface area contributed by atoms with Crippen molar-refractivity contribution >= 4 is 51.8 Å². The third-order valence-corrected chi connectivity index (χ3v) is 6.67. The monoisotopic (exact) mass is 602 g/mol. The number of amides is 1. The number of halogens is 4. The Kier molecular flexibility index (Phi) is 8.48. The van der Waals surface area contributed by atoms with Crippen LogP contribution in [0.25, 0.3) is 11.0 Å². The lowest BCUT2D eigenvalue weighted by Crippen LogP contribution is -2.59. The minimum absolute atomic E-state index is 0.0196. The third kappa shape index (κ3) is 6.58. The largest absolute Gasteiger partial charge is 0.489 e. The first-order chi connectivity index (χ1) is 18.7. The summed E-state index contributed by atoms with van der Waals surface area (Å²) in [5.41, 5.74) is 0.222. The maximum absolute atomic E-state index is 14.9. The highest BCUT2D eigenvalue weighted by atomic mass is 35.5. The molecule has 2 N–H and O–H groups in total. The second kappa shape index (κ2) is 11.4. The van der Waals surface area contributed by atoms with Crippen molar-refractivity contribution < 1.29 is 27.8 Å². The van der Waals surface area contributed by atoms with Crippen LogP contribution in [-0.4, -0.2) is 74.4 Å². The van der Waals surface area contributed by atoms with Gasteiger partial charge in [0.1, 0.15) is 34.6 Å². The van der Waals surface area contributed by atoms with E-state index in [0.717, 1.165) is 0 Å². The van der Waals surface area contributed by atoms with Gasteiger partial charge in [-0.05, 0) is 38.4 Å². The highest BCUT2D eigenvalue weighted by Gasteiger charge is 2.51. The number of piperidine rings is 1. The molecule has 1 aliphatic rings. The first-order valence-electron chi connectivity index (χ1n) is 12.4. The maximum atomic E-state index is 14.9. The number of anilines is 2. The molecule has 0 spiro atoms. The minimum Gasteiger partial charge on any atom is -0.489 e. The van der Waals surface area contributed by atoms with Crippen LogP contribution in [0.2, 0.25) is 10.3 Å². The van der Waals surface area contributed by atoms with Crippen LogP contribution in [-0.2, 0) is 16.5 Å². The molecule has 0 radical (unpaired) electrons. The summed E-state index contributed by atoms with van der Waals surface area (Å²) in [7, 11) is 1.56. The number of likely N-dealkylation sites (tertiary alicyclic amines) is 1. The molecule has 3 aromatic rings. The molecule has 1 aliphatic heterocycles. The second-order valence-electron chi connectivity index (χ2n) is 10.5. The number of H-pyrrole nitrogens is 1. The Labute approximate surface area is 238 Å². The molecule has 0 bridgehead atoms. The Morgan fingerprint density at radius 3 is 2.67 bits per heavy atom. The van der Waals surface area contributed by atoms with Crippen molar-refractivity contribution in [3.63, 3.8) is 0 Å². The van der Waals surface area contributed by atoms with E-state index in [1.807, 2.05) is 0 Å². The van der Waals surface area contributed by atoms with Crippen LogP contribution >= 0.6 is 23.2 Å². The van der Waals surface area contributed by atoms with E-state index in [9.17, 15) is 18.4 Å². The zero-order chi connectivity index (χ0) is 29.4. The summed E-state index contributed by atoms with van der Waals surface area (Å²) in [5.74, 6) is -3.80. The van der Waals surface area contributed by atoms with Gasteiger partial charge in [0.05, 0.1) is 24.9 Å². The number of fused-ring (bicyclic) bond motifs is 1. The molecule has 40 heavy (non-hydrogen) atoms. The second-order valence-corrected chi connectivity index (χ2v) is 11.2. The van der Waals surface area contributed by atoms with Crippen LogP contribution in [0.3, 0.4) is 0 Å². The normalized spacial score (nSPS) is 19.1. The zero-order valence-electron chi connectivity index (χ0n) is 22.6. The molecule has 1 saturated heterocycles. The predicted octanol–water partition coefficient (Wildman–Crippen LogP) is 4.99. The van der Waals surface area contributed by atoms with E-state index in [2.05, 4.69) is 20.3 Å². The molecule has 3 heterocycles. The lowest BCUT2D eigenvalue weighted by molar-refractivity contribution is -0.197. The summed E-state index contributed by atoms with van der Waals surface area (Å²) < 4.78 is 48.0. The SMILES string of the molecule is C[C@H]1CN(C(=O)OC(C)(C)C)C[C@@H](OCCOc2cc(Nc3nc(Cl)ncc3Cl)cc3[nH]c(=O)n(C)c23)C1(F)F. The number of aryl methyl sites for hydroxylation is 1. The van der Waals surface area contributed by atoms with E-state index >= 15 is 0 Å². The van der Waals surface area contributed by atoms with Gasteiger partial charge in [-0.2, -0.15) is 4.98 Å². The predicted molar refractivity (Wildman–Crippen MR) is 146 cm³/mol.